The predicted molar refractivity (Wildman–Crippen MR) is 97.4 cm³/mol. The first-order valence-corrected chi connectivity index (χ1v) is 8.37. The topological polar surface area (TPSA) is 38.0 Å². The number of anilines is 1. The first-order chi connectivity index (χ1) is 11.3. The number of hydrogen-bond donors (Lipinski definition) is 2. The van der Waals surface area contributed by atoms with Crippen LogP contribution in [0.2, 0.25) is 0 Å². The third kappa shape index (κ3) is 3.22. The number of rotatable bonds is 5. The van der Waals surface area contributed by atoms with Gasteiger partial charge in [-0.15, -0.1) is 0 Å². The molecule has 23 heavy (non-hydrogen) atoms. The van der Waals surface area contributed by atoms with Crippen molar-refractivity contribution in [2.24, 2.45) is 5.92 Å². The highest BCUT2D eigenvalue weighted by molar-refractivity contribution is 5.83. The average molecular weight is 302 g/mol. The number of nitrogen functional groups attached to an aromatic ring is 1. The Kier molecular flexibility index (Phi) is 3.76. The molecule has 0 aromatic heterocycles. The standard InChI is InChI=1S/C21H22N2/c22-20-7-3-6-18(13-20)21(23-14-15-8-9-15)19-11-10-16-4-1-2-5-17(16)12-19/h1-7,10-13,15,21,23H,8-9,14,22H2. The Morgan fingerprint density at radius 1 is 0.870 bits per heavy atom. The molecule has 0 amide bonds. The molecule has 1 aliphatic carbocycles. The lowest BCUT2D eigenvalue weighted by molar-refractivity contribution is 0.574. The van der Waals surface area contributed by atoms with E-state index in [0.717, 1.165) is 18.2 Å². The number of nitrogens with two attached hydrogens (primary N) is 1. The van der Waals surface area contributed by atoms with Crippen LogP contribution in [0.3, 0.4) is 0 Å². The Balaban J connectivity index is 1.72. The molecule has 1 unspecified atom stereocenters. The van der Waals surface area contributed by atoms with Crippen molar-refractivity contribution in [2.45, 2.75) is 18.9 Å². The number of fused-ring (bicyclic) bond motifs is 1. The normalized spacial score (nSPS) is 15.7. The van der Waals surface area contributed by atoms with Crippen LogP contribution in [-0.2, 0) is 0 Å². The Bertz CT molecular complexity index is 821. The lowest BCUT2D eigenvalue weighted by atomic mass is 9.95. The van der Waals surface area contributed by atoms with E-state index in [-0.39, 0.29) is 6.04 Å². The molecule has 3 N–H and O–H groups in total. The first kappa shape index (κ1) is 14.3. The minimum atomic E-state index is 0.198. The Morgan fingerprint density at radius 2 is 1.65 bits per heavy atom. The second-order valence-corrected chi connectivity index (χ2v) is 6.56. The van der Waals surface area contributed by atoms with E-state index >= 15 is 0 Å². The predicted octanol–water partition coefficient (Wildman–Crippen LogP) is 4.51. The highest BCUT2D eigenvalue weighted by Crippen LogP contribution is 2.31. The number of nitrogens with one attached hydrogen (secondary N) is 1. The molecule has 1 aliphatic rings. The van der Waals surface area contributed by atoms with E-state index in [2.05, 4.69) is 59.9 Å². The molecule has 1 atom stereocenters. The van der Waals surface area contributed by atoms with E-state index in [4.69, 9.17) is 5.73 Å². The molecule has 2 nitrogen and oxygen atoms in total. The fraction of sp³-hybridized carbons (Fsp3) is 0.238. The molecule has 2 heteroatoms. The maximum absolute atomic E-state index is 6.01. The third-order valence-corrected chi connectivity index (χ3v) is 4.66. The van der Waals surface area contributed by atoms with Gasteiger partial charge in [-0.1, -0.05) is 48.5 Å². The van der Waals surface area contributed by atoms with E-state index < -0.39 is 0 Å². The van der Waals surface area contributed by atoms with Gasteiger partial charge in [0.1, 0.15) is 0 Å². The summed E-state index contributed by atoms with van der Waals surface area (Å²) in [5.41, 5.74) is 9.36. The van der Waals surface area contributed by atoms with Crippen molar-refractivity contribution in [1.29, 1.82) is 0 Å². The van der Waals surface area contributed by atoms with Gasteiger partial charge in [0, 0.05) is 5.69 Å². The Morgan fingerprint density at radius 3 is 2.43 bits per heavy atom. The van der Waals surface area contributed by atoms with Gasteiger partial charge in [0.2, 0.25) is 0 Å². The molecule has 3 aromatic carbocycles. The molecule has 0 saturated heterocycles. The molecule has 0 radical (unpaired) electrons. The largest absolute Gasteiger partial charge is 0.399 e. The summed E-state index contributed by atoms with van der Waals surface area (Å²) in [4.78, 5) is 0. The van der Waals surface area contributed by atoms with E-state index in [1.165, 1.54) is 34.7 Å². The summed E-state index contributed by atoms with van der Waals surface area (Å²) < 4.78 is 0. The molecule has 0 aliphatic heterocycles. The van der Waals surface area contributed by atoms with Gasteiger partial charge in [-0.05, 0) is 65.4 Å². The van der Waals surface area contributed by atoms with Gasteiger partial charge in [-0.3, -0.25) is 0 Å². The molecule has 4 rings (SSSR count). The highest BCUT2D eigenvalue weighted by Gasteiger charge is 2.23. The summed E-state index contributed by atoms with van der Waals surface area (Å²) in [5.74, 6) is 0.846. The molecule has 3 aromatic rings. The van der Waals surface area contributed by atoms with Crippen molar-refractivity contribution in [3.8, 4) is 0 Å². The third-order valence-electron chi connectivity index (χ3n) is 4.66. The van der Waals surface area contributed by atoms with E-state index in [1.54, 1.807) is 0 Å². The monoisotopic (exact) mass is 302 g/mol. The minimum Gasteiger partial charge on any atom is -0.399 e. The summed E-state index contributed by atoms with van der Waals surface area (Å²) >= 11 is 0. The fourth-order valence-electron chi connectivity index (χ4n) is 3.16. The zero-order valence-corrected chi connectivity index (χ0v) is 13.2. The van der Waals surface area contributed by atoms with Gasteiger partial charge >= 0.3 is 0 Å². The molecular formula is C21H22N2. The van der Waals surface area contributed by atoms with Crippen LogP contribution >= 0.6 is 0 Å². The van der Waals surface area contributed by atoms with Crippen LogP contribution < -0.4 is 11.1 Å². The average Bonchev–Trinajstić information content (AvgIpc) is 3.39. The summed E-state index contributed by atoms with van der Waals surface area (Å²) in [6, 6.07) is 23.7. The lowest BCUT2D eigenvalue weighted by Gasteiger charge is -2.21. The lowest BCUT2D eigenvalue weighted by Crippen LogP contribution is -2.24. The zero-order chi connectivity index (χ0) is 15.6. The molecule has 0 heterocycles. The molecule has 1 saturated carbocycles. The maximum Gasteiger partial charge on any atom is 0.0577 e. The van der Waals surface area contributed by atoms with Crippen molar-refractivity contribution in [2.75, 3.05) is 12.3 Å². The second-order valence-electron chi connectivity index (χ2n) is 6.56. The van der Waals surface area contributed by atoms with Crippen molar-refractivity contribution < 1.29 is 0 Å². The van der Waals surface area contributed by atoms with Gasteiger partial charge in [-0.25, -0.2) is 0 Å². The van der Waals surface area contributed by atoms with Crippen LogP contribution in [0, 0.1) is 5.92 Å². The van der Waals surface area contributed by atoms with Crippen molar-refractivity contribution in [1.82, 2.24) is 5.32 Å². The van der Waals surface area contributed by atoms with Crippen LogP contribution in [0.5, 0.6) is 0 Å². The van der Waals surface area contributed by atoms with Crippen molar-refractivity contribution in [3.63, 3.8) is 0 Å². The minimum absolute atomic E-state index is 0.198. The first-order valence-electron chi connectivity index (χ1n) is 8.37. The van der Waals surface area contributed by atoms with Crippen LogP contribution in [0.1, 0.15) is 30.0 Å². The maximum atomic E-state index is 6.01. The van der Waals surface area contributed by atoms with Gasteiger partial charge in [0.25, 0.3) is 0 Å². The molecule has 0 spiro atoms. The van der Waals surface area contributed by atoms with E-state index in [9.17, 15) is 0 Å². The molecule has 0 bridgehead atoms. The molecule has 1 fully saturated rings. The SMILES string of the molecule is Nc1cccc(C(NCC2CC2)c2ccc3ccccc3c2)c1. The highest BCUT2D eigenvalue weighted by atomic mass is 14.9. The fourth-order valence-corrected chi connectivity index (χ4v) is 3.16. The summed E-state index contributed by atoms with van der Waals surface area (Å²) in [7, 11) is 0. The summed E-state index contributed by atoms with van der Waals surface area (Å²) in [5, 5.41) is 6.32. The molecule has 116 valence electrons. The quantitative estimate of drug-likeness (QED) is 0.680. The number of hydrogen-bond acceptors (Lipinski definition) is 2. The molecular weight excluding hydrogens is 280 g/mol. The van der Waals surface area contributed by atoms with E-state index in [1.807, 2.05) is 12.1 Å². The number of benzene rings is 3. The van der Waals surface area contributed by atoms with Gasteiger partial charge in [0.05, 0.1) is 6.04 Å². The van der Waals surface area contributed by atoms with Crippen LogP contribution in [0.25, 0.3) is 10.8 Å². The van der Waals surface area contributed by atoms with Crippen LogP contribution in [0.4, 0.5) is 5.69 Å². The van der Waals surface area contributed by atoms with Gasteiger partial charge in [-0.2, -0.15) is 0 Å². The van der Waals surface area contributed by atoms with Crippen LogP contribution in [-0.4, -0.2) is 6.54 Å². The zero-order valence-electron chi connectivity index (χ0n) is 13.2. The van der Waals surface area contributed by atoms with Gasteiger partial charge in [0.15, 0.2) is 0 Å². The summed E-state index contributed by atoms with van der Waals surface area (Å²) in [6.07, 6.45) is 2.71. The van der Waals surface area contributed by atoms with E-state index in [0.29, 0.717) is 0 Å². The Labute approximate surface area is 137 Å². The van der Waals surface area contributed by atoms with Crippen molar-refractivity contribution >= 4 is 16.5 Å². The smallest absolute Gasteiger partial charge is 0.0577 e. The Hall–Kier alpha value is -2.32. The van der Waals surface area contributed by atoms with Crippen LogP contribution in [0.15, 0.2) is 66.7 Å². The van der Waals surface area contributed by atoms with Crippen molar-refractivity contribution in [3.05, 3.63) is 77.9 Å². The second kappa shape index (κ2) is 6.05. The van der Waals surface area contributed by atoms with Gasteiger partial charge < -0.3 is 11.1 Å². The summed E-state index contributed by atoms with van der Waals surface area (Å²) in [6.45, 7) is 1.08.